The molecule has 88 valence electrons. The standard InChI is InChI=1S/C13H19NO2/c1-15-10-12-5-3-2-4-11(12)8-13-9-14-6-7-16-13/h2-5,13-14H,6-10H2,1H3/t13-/m1/s1. The first-order valence-electron chi connectivity index (χ1n) is 5.78. The van der Waals surface area contributed by atoms with Crippen molar-refractivity contribution < 1.29 is 9.47 Å². The van der Waals surface area contributed by atoms with Crippen LogP contribution in [0.3, 0.4) is 0 Å². The number of hydrogen-bond acceptors (Lipinski definition) is 3. The van der Waals surface area contributed by atoms with E-state index in [9.17, 15) is 0 Å². The van der Waals surface area contributed by atoms with E-state index in [0.717, 1.165) is 26.1 Å². The van der Waals surface area contributed by atoms with E-state index < -0.39 is 0 Å². The Morgan fingerprint density at radius 2 is 2.19 bits per heavy atom. The van der Waals surface area contributed by atoms with Crippen molar-refractivity contribution in [2.24, 2.45) is 0 Å². The Kier molecular flexibility index (Phi) is 4.34. The van der Waals surface area contributed by atoms with Crippen molar-refractivity contribution in [1.29, 1.82) is 0 Å². The molecule has 3 heteroatoms. The number of rotatable bonds is 4. The molecule has 0 unspecified atom stereocenters. The Bertz CT molecular complexity index is 321. The SMILES string of the molecule is COCc1ccccc1C[C@@H]1CNCCO1. The van der Waals surface area contributed by atoms with E-state index in [1.807, 2.05) is 0 Å². The van der Waals surface area contributed by atoms with Crippen LogP contribution >= 0.6 is 0 Å². The Hall–Kier alpha value is -0.900. The molecule has 0 bridgehead atoms. The van der Waals surface area contributed by atoms with Crippen molar-refractivity contribution in [2.75, 3.05) is 26.8 Å². The fraction of sp³-hybridized carbons (Fsp3) is 0.538. The third kappa shape index (κ3) is 3.04. The van der Waals surface area contributed by atoms with Crippen LogP contribution in [-0.4, -0.2) is 32.9 Å². The predicted molar refractivity (Wildman–Crippen MR) is 63.5 cm³/mol. The summed E-state index contributed by atoms with van der Waals surface area (Å²) in [5.74, 6) is 0. The lowest BCUT2D eigenvalue weighted by atomic mass is 10.0. The first-order chi connectivity index (χ1) is 7.90. The van der Waals surface area contributed by atoms with E-state index in [0.29, 0.717) is 12.7 Å². The molecule has 0 spiro atoms. The van der Waals surface area contributed by atoms with Crippen LogP contribution in [0.5, 0.6) is 0 Å². The third-order valence-electron chi connectivity index (χ3n) is 2.87. The van der Waals surface area contributed by atoms with Gasteiger partial charge in [0.15, 0.2) is 0 Å². The molecule has 0 saturated carbocycles. The molecule has 3 nitrogen and oxygen atoms in total. The van der Waals surface area contributed by atoms with Gasteiger partial charge in [0.1, 0.15) is 0 Å². The van der Waals surface area contributed by atoms with Gasteiger partial charge in [-0.05, 0) is 11.1 Å². The van der Waals surface area contributed by atoms with Gasteiger partial charge in [-0.3, -0.25) is 0 Å². The molecule has 1 saturated heterocycles. The summed E-state index contributed by atoms with van der Waals surface area (Å²) < 4.78 is 10.9. The zero-order valence-electron chi connectivity index (χ0n) is 9.74. The molecule has 1 atom stereocenters. The highest BCUT2D eigenvalue weighted by molar-refractivity contribution is 5.27. The summed E-state index contributed by atoms with van der Waals surface area (Å²) in [4.78, 5) is 0. The molecule has 0 aromatic heterocycles. The molecule has 0 aliphatic carbocycles. The quantitative estimate of drug-likeness (QED) is 0.833. The zero-order chi connectivity index (χ0) is 11.2. The van der Waals surface area contributed by atoms with Crippen molar-refractivity contribution in [2.45, 2.75) is 19.1 Å². The Morgan fingerprint density at radius 3 is 2.88 bits per heavy atom. The second kappa shape index (κ2) is 5.99. The average molecular weight is 221 g/mol. The van der Waals surface area contributed by atoms with Crippen LogP contribution in [0.25, 0.3) is 0 Å². The van der Waals surface area contributed by atoms with Crippen molar-refractivity contribution in [3.63, 3.8) is 0 Å². The second-order valence-electron chi connectivity index (χ2n) is 4.10. The fourth-order valence-electron chi connectivity index (χ4n) is 2.05. The molecular formula is C13H19NO2. The number of benzene rings is 1. The third-order valence-corrected chi connectivity index (χ3v) is 2.87. The molecule has 1 aromatic rings. The van der Waals surface area contributed by atoms with Gasteiger partial charge in [0.2, 0.25) is 0 Å². The van der Waals surface area contributed by atoms with E-state index in [4.69, 9.17) is 9.47 Å². The maximum Gasteiger partial charge on any atom is 0.0740 e. The minimum Gasteiger partial charge on any atom is -0.380 e. The highest BCUT2D eigenvalue weighted by atomic mass is 16.5. The van der Waals surface area contributed by atoms with Gasteiger partial charge in [-0.1, -0.05) is 24.3 Å². The maximum atomic E-state index is 5.71. The largest absolute Gasteiger partial charge is 0.380 e. The normalized spacial score (nSPS) is 20.9. The van der Waals surface area contributed by atoms with Gasteiger partial charge in [0, 0.05) is 26.6 Å². The molecule has 2 rings (SSSR count). The van der Waals surface area contributed by atoms with Crippen LogP contribution in [0, 0.1) is 0 Å². The highest BCUT2D eigenvalue weighted by Crippen LogP contribution is 2.14. The van der Waals surface area contributed by atoms with E-state index in [2.05, 4.69) is 29.6 Å². The average Bonchev–Trinajstić information content (AvgIpc) is 2.33. The first kappa shape index (κ1) is 11.6. The van der Waals surface area contributed by atoms with E-state index in [1.165, 1.54) is 11.1 Å². The monoisotopic (exact) mass is 221 g/mol. The maximum absolute atomic E-state index is 5.71. The predicted octanol–water partition coefficient (Wildman–Crippen LogP) is 1.36. The Labute approximate surface area is 96.8 Å². The smallest absolute Gasteiger partial charge is 0.0740 e. The summed E-state index contributed by atoms with van der Waals surface area (Å²) in [6.45, 7) is 3.41. The number of morpholine rings is 1. The molecule has 0 radical (unpaired) electrons. The van der Waals surface area contributed by atoms with Crippen LogP contribution in [0.1, 0.15) is 11.1 Å². The van der Waals surface area contributed by atoms with E-state index in [1.54, 1.807) is 7.11 Å². The Morgan fingerprint density at radius 1 is 1.38 bits per heavy atom. The zero-order valence-corrected chi connectivity index (χ0v) is 9.74. The lowest BCUT2D eigenvalue weighted by molar-refractivity contribution is 0.0289. The van der Waals surface area contributed by atoms with Crippen molar-refractivity contribution in [1.82, 2.24) is 5.32 Å². The van der Waals surface area contributed by atoms with Gasteiger partial charge >= 0.3 is 0 Å². The molecule has 1 heterocycles. The van der Waals surface area contributed by atoms with Crippen LogP contribution in [0.4, 0.5) is 0 Å². The lowest BCUT2D eigenvalue weighted by Gasteiger charge is -2.24. The summed E-state index contributed by atoms with van der Waals surface area (Å²) in [6.07, 6.45) is 1.26. The van der Waals surface area contributed by atoms with Gasteiger partial charge < -0.3 is 14.8 Å². The van der Waals surface area contributed by atoms with Crippen molar-refractivity contribution in [3.05, 3.63) is 35.4 Å². The number of nitrogens with one attached hydrogen (secondary N) is 1. The van der Waals surface area contributed by atoms with E-state index in [-0.39, 0.29) is 0 Å². The Balaban J connectivity index is 2.01. The van der Waals surface area contributed by atoms with Crippen LogP contribution < -0.4 is 5.32 Å². The summed E-state index contributed by atoms with van der Waals surface area (Å²) in [7, 11) is 1.73. The number of ether oxygens (including phenoxy) is 2. The van der Waals surface area contributed by atoms with E-state index >= 15 is 0 Å². The summed E-state index contributed by atoms with van der Waals surface area (Å²) in [5, 5.41) is 3.35. The molecule has 1 aliphatic heterocycles. The van der Waals surface area contributed by atoms with Gasteiger partial charge in [-0.2, -0.15) is 0 Å². The van der Waals surface area contributed by atoms with Gasteiger partial charge in [-0.15, -0.1) is 0 Å². The minimum atomic E-state index is 0.298. The van der Waals surface area contributed by atoms with Crippen molar-refractivity contribution >= 4 is 0 Å². The van der Waals surface area contributed by atoms with Gasteiger partial charge in [0.25, 0.3) is 0 Å². The van der Waals surface area contributed by atoms with Gasteiger partial charge in [0.05, 0.1) is 19.3 Å². The molecule has 16 heavy (non-hydrogen) atoms. The molecule has 1 aromatic carbocycles. The number of methoxy groups -OCH3 is 1. The molecule has 1 aliphatic rings. The second-order valence-corrected chi connectivity index (χ2v) is 4.10. The van der Waals surface area contributed by atoms with Crippen molar-refractivity contribution in [3.8, 4) is 0 Å². The van der Waals surface area contributed by atoms with Crippen LogP contribution in [0.15, 0.2) is 24.3 Å². The topological polar surface area (TPSA) is 30.5 Å². The molecule has 1 N–H and O–H groups in total. The van der Waals surface area contributed by atoms with Gasteiger partial charge in [-0.25, -0.2) is 0 Å². The minimum absolute atomic E-state index is 0.298. The van der Waals surface area contributed by atoms with Crippen LogP contribution in [0.2, 0.25) is 0 Å². The first-order valence-corrected chi connectivity index (χ1v) is 5.78. The number of hydrogen-bond donors (Lipinski definition) is 1. The fourth-order valence-corrected chi connectivity index (χ4v) is 2.05. The molecule has 1 fully saturated rings. The molecule has 0 amide bonds. The molecular weight excluding hydrogens is 202 g/mol. The highest BCUT2D eigenvalue weighted by Gasteiger charge is 2.15. The summed E-state index contributed by atoms with van der Waals surface area (Å²) >= 11 is 0. The summed E-state index contributed by atoms with van der Waals surface area (Å²) in [5.41, 5.74) is 2.59. The lowest BCUT2D eigenvalue weighted by Crippen LogP contribution is -2.39. The van der Waals surface area contributed by atoms with Crippen LogP contribution in [-0.2, 0) is 22.5 Å². The summed E-state index contributed by atoms with van der Waals surface area (Å²) in [6, 6.07) is 8.41.